The van der Waals surface area contributed by atoms with Gasteiger partial charge >= 0.3 is 0 Å². The van der Waals surface area contributed by atoms with Crippen LogP contribution in [0.15, 0.2) is 29.3 Å². The smallest absolute Gasteiger partial charge is 0.253 e. The summed E-state index contributed by atoms with van der Waals surface area (Å²) in [5.41, 5.74) is 1.84. The van der Waals surface area contributed by atoms with E-state index in [-0.39, 0.29) is 5.91 Å². The first-order valence-corrected chi connectivity index (χ1v) is 9.35. The van der Waals surface area contributed by atoms with Crippen LogP contribution in [0.2, 0.25) is 0 Å². The number of hydrogen-bond acceptors (Lipinski definition) is 2. The van der Waals surface area contributed by atoms with Gasteiger partial charge in [-0.1, -0.05) is 44.2 Å². The normalized spacial score (nSPS) is 15.7. The summed E-state index contributed by atoms with van der Waals surface area (Å²) >= 11 is 0. The van der Waals surface area contributed by atoms with E-state index in [0.29, 0.717) is 12.1 Å². The second kappa shape index (κ2) is 10.1. The predicted octanol–water partition coefficient (Wildman–Crippen LogP) is 3.02. The van der Waals surface area contributed by atoms with Crippen molar-refractivity contribution in [2.75, 3.05) is 27.7 Å². The molecule has 0 heterocycles. The van der Waals surface area contributed by atoms with Crippen molar-refractivity contribution in [2.24, 2.45) is 10.9 Å². The van der Waals surface area contributed by atoms with Crippen molar-refractivity contribution in [1.82, 2.24) is 15.5 Å². The molecule has 1 amide bonds. The summed E-state index contributed by atoms with van der Waals surface area (Å²) in [6.45, 7) is 1.67. The minimum absolute atomic E-state index is 0.0275. The van der Waals surface area contributed by atoms with E-state index in [2.05, 4.69) is 15.6 Å². The Morgan fingerprint density at radius 2 is 1.80 bits per heavy atom. The molecule has 0 aliphatic heterocycles. The summed E-state index contributed by atoms with van der Waals surface area (Å²) in [7, 11) is 5.33. The molecule has 0 aromatic heterocycles. The second-order valence-corrected chi connectivity index (χ2v) is 7.04. The van der Waals surface area contributed by atoms with Crippen molar-refractivity contribution < 1.29 is 4.79 Å². The van der Waals surface area contributed by atoms with Gasteiger partial charge in [0, 0.05) is 39.8 Å². The minimum Gasteiger partial charge on any atom is -0.356 e. The molecule has 5 nitrogen and oxygen atoms in total. The fourth-order valence-corrected chi connectivity index (χ4v) is 3.30. The number of carbonyl (C=O) groups is 1. The fraction of sp³-hybridized carbons (Fsp3) is 0.600. The first kappa shape index (κ1) is 19.3. The molecule has 1 aromatic rings. The first-order valence-electron chi connectivity index (χ1n) is 9.35. The number of amides is 1. The van der Waals surface area contributed by atoms with Crippen molar-refractivity contribution in [1.29, 1.82) is 0 Å². The standard InChI is InChI=1S/C20H32N4O/c1-21-20(22-14-13-16-7-5-4-6-8-16)23-15-17-9-11-18(12-10-17)19(25)24(2)3/h9-12,16H,4-8,13-15H2,1-3H3,(H2,21,22,23). The lowest BCUT2D eigenvalue weighted by Gasteiger charge is -2.22. The molecule has 5 heteroatoms. The SMILES string of the molecule is CN=C(NCCC1CCCCC1)NCc1ccc(C(=O)N(C)C)cc1. The zero-order chi connectivity index (χ0) is 18.1. The predicted molar refractivity (Wildman–Crippen MR) is 104 cm³/mol. The Hall–Kier alpha value is -2.04. The Morgan fingerprint density at radius 1 is 1.12 bits per heavy atom. The molecule has 0 atom stereocenters. The van der Waals surface area contributed by atoms with Crippen LogP contribution >= 0.6 is 0 Å². The summed E-state index contributed by atoms with van der Waals surface area (Å²) in [4.78, 5) is 17.8. The van der Waals surface area contributed by atoms with Crippen molar-refractivity contribution >= 4 is 11.9 Å². The molecule has 138 valence electrons. The Morgan fingerprint density at radius 3 is 2.40 bits per heavy atom. The highest BCUT2D eigenvalue weighted by Gasteiger charge is 2.13. The Labute approximate surface area is 151 Å². The molecule has 0 bridgehead atoms. The summed E-state index contributed by atoms with van der Waals surface area (Å²) in [6.07, 6.45) is 8.18. The van der Waals surface area contributed by atoms with Gasteiger partial charge in [0.2, 0.25) is 0 Å². The lowest BCUT2D eigenvalue weighted by atomic mass is 9.87. The number of benzene rings is 1. The molecule has 0 spiro atoms. The topological polar surface area (TPSA) is 56.7 Å². The van der Waals surface area contributed by atoms with Gasteiger partial charge in [0.1, 0.15) is 0 Å². The van der Waals surface area contributed by atoms with Gasteiger partial charge < -0.3 is 15.5 Å². The van der Waals surface area contributed by atoms with Gasteiger partial charge in [0.15, 0.2) is 5.96 Å². The lowest BCUT2D eigenvalue weighted by molar-refractivity contribution is 0.0827. The Bertz CT molecular complexity index is 560. The zero-order valence-electron chi connectivity index (χ0n) is 15.8. The molecule has 0 saturated heterocycles. The summed E-state index contributed by atoms with van der Waals surface area (Å²) in [6, 6.07) is 7.72. The van der Waals surface area contributed by atoms with E-state index in [1.54, 1.807) is 26.0 Å². The highest BCUT2D eigenvalue weighted by Crippen LogP contribution is 2.25. The quantitative estimate of drug-likeness (QED) is 0.616. The van der Waals surface area contributed by atoms with Crippen LogP contribution in [0.4, 0.5) is 0 Å². The van der Waals surface area contributed by atoms with E-state index in [0.717, 1.165) is 24.0 Å². The van der Waals surface area contributed by atoms with Crippen molar-refractivity contribution in [3.63, 3.8) is 0 Å². The number of nitrogens with zero attached hydrogens (tertiary/aromatic N) is 2. The van der Waals surface area contributed by atoms with Crippen LogP contribution in [0.25, 0.3) is 0 Å². The average molecular weight is 345 g/mol. The van der Waals surface area contributed by atoms with Crippen LogP contribution < -0.4 is 10.6 Å². The summed E-state index contributed by atoms with van der Waals surface area (Å²) in [5, 5.41) is 6.75. The third-order valence-corrected chi connectivity index (χ3v) is 4.86. The maximum absolute atomic E-state index is 11.9. The molecular formula is C20H32N4O. The minimum atomic E-state index is 0.0275. The molecule has 1 aliphatic rings. The maximum Gasteiger partial charge on any atom is 0.253 e. The van der Waals surface area contributed by atoms with Crippen molar-refractivity contribution in [3.05, 3.63) is 35.4 Å². The number of carbonyl (C=O) groups excluding carboxylic acids is 1. The monoisotopic (exact) mass is 344 g/mol. The van der Waals surface area contributed by atoms with Gasteiger partial charge in [-0.3, -0.25) is 9.79 Å². The molecule has 0 unspecified atom stereocenters. The molecule has 1 fully saturated rings. The van der Waals surface area contributed by atoms with Gasteiger partial charge in [-0.2, -0.15) is 0 Å². The number of aliphatic imine (C=N–C) groups is 1. The van der Waals surface area contributed by atoms with E-state index in [1.165, 1.54) is 38.5 Å². The summed E-state index contributed by atoms with van der Waals surface area (Å²) in [5.74, 6) is 1.74. The number of hydrogen-bond donors (Lipinski definition) is 2. The molecule has 1 aliphatic carbocycles. The van der Waals surface area contributed by atoms with Gasteiger partial charge in [0.25, 0.3) is 5.91 Å². The number of guanidine groups is 1. The van der Waals surface area contributed by atoms with Crippen LogP contribution in [-0.4, -0.2) is 44.5 Å². The van der Waals surface area contributed by atoms with Crippen molar-refractivity contribution in [2.45, 2.75) is 45.1 Å². The average Bonchev–Trinajstić information content (AvgIpc) is 2.65. The number of rotatable bonds is 6. The third-order valence-electron chi connectivity index (χ3n) is 4.86. The first-order chi connectivity index (χ1) is 12.1. The van der Waals surface area contributed by atoms with Gasteiger partial charge in [-0.25, -0.2) is 0 Å². The van der Waals surface area contributed by atoms with Crippen LogP contribution in [0.3, 0.4) is 0 Å². The van der Waals surface area contributed by atoms with E-state index in [1.807, 2.05) is 24.3 Å². The zero-order valence-corrected chi connectivity index (χ0v) is 15.8. The maximum atomic E-state index is 11.9. The molecule has 0 radical (unpaired) electrons. The van der Waals surface area contributed by atoms with E-state index in [9.17, 15) is 4.79 Å². The van der Waals surface area contributed by atoms with Crippen LogP contribution in [0.1, 0.15) is 54.4 Å². The van der Waals surface area contributed by atoms with Crippen LogP contribution in [0, 0.1) is 5.92 Å². The highest BCUT2D eigenvalue weighted by molar-refractivity contribution is 5.93. The van der Waals surface area contributed by atoms with Gasteiger partial charge in [-0.15, -0.1) is 0 Å². The molecular weight excluding hydrogens is 312 g/mol. The highest BCUT2D eigenvalue weighted by atomic mass is 16.2. The lowest BCUT2D eigenvalue weighted by Crippen LogP contribution is -2.37. The van der Waals surface area contributed by atoms with E-state index < -0.39 is 0 Å². The second-order valence-electron chi connectivity index (χ2n) is 7.04. The largest absolute Gasteiger partial charge is 0.356 e. The van der Waals surface area contributed by atoms with Gasteiger partial charge in [0.05, 0.1) is 0 Å². The van der Waals surface area contributed by atoms with E-state index in [4.69, 9.17) is 0 Å². The molecule has 2 N–H and O–H groups in total. The molecule has 1 saturated carbocycles. The third kappa shape index (κ3) is 6.40. The fourth-order valence-electron chi connectivity index (χ4n) is 3.30. The Balaban J connectivity index is 1.73. The Kier molecular flexibility index (Phi) is 7.76. The molecule has 25 heavy (non-hydrogen) atoms. The van der Waals surface area contributed by atoms with Gasteiger partial charge in [-0.05, 0) is 30.0 Å². The van der Waals surface area contributed by atoms with Crippen LogP contribution in [0.5, 0.6) is 0 Å². The summed E-state index contributed by atoms with van der Waals surface area (Å²) < 4.78 is 0. The molecule has 2 rings (SSSR count). The van der Waals surface area contributed by atoms with E-state index >= 15 is 0 Å². The van der Waals surface area contributed by atoms with Crippen LogP contribution in [-0.2, 0) is 6.54 Å². The number of nitrogens with one attached hydrogen (secondary N) is 2. The molecule has 1 aromatic carbocycles. The van der Waals surface area contributed by atoms with Crippen molar-refractivity contribution in [3.8, 4) is 0 Å².